The van der Waals surface area contributed by atoms with Gasteiger partial charge >= 0.3 is 0 Å². The maximum Gasteiger partial charge on any atom is 0.191 e. The predicted octanol–water partition coefficient (Wildman–Crippen LogP) is 2.77. The second kappa shape index (κ2) is 10.5. The van der Waals surface area contributed by atoms with Crippen molar-refractivity contribution >= 4 is 5.96 Å². The molecule has 3 N–H and O–H groups in total. The number of nitrogens with one attached hydrogen (secondary N) is 3. The second-order valence-corrected chi connectivity index (χ2v) is 7.92. The minimum atomic E-state index is -0.0419. The van der Waals surface area contributed by atoms with Crippen molar-refractivity contribution in [3.8, 4) is 0 Å². The summed E-state index contributed by atoms with van der Waals surface area (Å²) in [4.78, 5) is 6.90. The number of benzene rings is 1. The van der Waals surface area contributed by atoms with E-state index in [9.17, 15) is 0 Å². The van der Waals surface area contributed by atoms with E-state index in [0.29, 0.717) is 6.04 Å². The van der Waals surface area contributed by atoms with Gasteiger partial charge in [-0.05, 0) is 52.3 Å². The molecule has 1 aliphatic heterocycles. The SMILES string of the molecule is CN=C(NCCN1CCCCC1)NCC(C)(C)NC(C)c1ccccc1. The number of hydrogen-bond donors (Lipinski definition) is 3. The quantitative estimate of drug-likeness (QED) is 0.493. The molecule has 146 valence electrons. The third-order valence-electron chi connectivity index (χ3n) is 5.00. The Bertz CT molecular complexity index is 535. The van der Waals surface area contributed by atoms with E-state index >= 15 is 0 Å². The van der Waals surface area contributed by atoms with Gasteiger partial charge in [0.25, 0.3) is 0 Å². The Morgan fingerprint density at radius 3 is 2.46 bits per heavy atom. The lowest BCUT2D eigenvalue weighted by atomic mass is 10.0. The van der Waals surface area contributed by atoms with Gasteiger partial charge in [0, 0.05) is 38.3 Å². The number of nitrogens with zero attached hydrogens (tertiary/aromatic N) is 2. The van der Waals surface area contributed by atoms with Crippen molar-refractivity contribution in [3.63, 3.8) is 0 Å². The van der Waals surface area contributed by atoms with Gasteiger partial charge in [0.2, 0.25) is 0 Å². The van der Waals surface area contributed by atoms with Crippen LogP contribution in [-0.4, -0.2) is 56.2 Å². The van der Waals surface area contributed by atoms with Gasteiger partial charge in [-0.2, -0.15) is 0 Å². The molecule has 0 saturated carbocycles. The molecule has 5 nitrogen and oxygen atoms in total. The summed E-state index contributed by atoms with van der Waals surface area (Å²) >= 11 is 0. The van der Waals surface area contributed by atoms with Crippen molar-refractivity contribution in [3.05, 3.63) is 35.9 Å². The molecule has 1 heterocycles. The van der Waals surface area contributed by atoms with Gasteiger partial charge in [-0.15, -0.1) is 0 Å². The van der Waals surface area contributed by atoms with Crippen molar-refractivity contribution in [2.75, 3.05) is 39.8 Å². The van der Waals surface area contributed by atoms with Crippen LogP contribution >= 0.6 is 0 Å². The smallest absolute Gasteiger partial charge is 0.191 e. The molecule has 1 aliphatic rings. The van der Waals surface area contributed by atoms with Crippen LogP contribution in [0, 0.1) is 0 Å². The summed E-state index contributed by atoms with van der Waals surface area (Å²) < 4.78 is 0. The van der Waals surface area contributed by atoms with Gasteiger partial charge in [-0.25, -0.2) is 0 Å². The summed E-state index contributed by atoms with van der Waals surface area (Å²) in [6, 6.07) is 10.9. The normalized spacial score (nSPS) is 17.8. The van der Waals surface area contributed by atoms with Crippen molar-refractivity contribution in [2.24, 2.45) is 4.99 Å². The van der Waals surface area contributed by atoms with Crippen molar-refractivity contribution in [1.29, 1.82) is 0 Å². The standard InChI is InChI=1S/C21H37N5/c1-18(19-11-7-5-8-12-19)25-21(2,3)17-24-20(22-4)23-13-16-26-14-9-6-10-15-26/h5,7-8,11-12,18,25H,6,9-10,13-17H2,1-4H3,(H2,22,23,24). The highest BCUT2D eigenvalue weighted by Gasteiger charge is 2.21. The highest BCUT2D eigenvalue weighted by Crippen LogP contribution is 2.15. The average Bonchev–Trinajstić information content (AvgIpc) is 2.65. The Kier molecular flexibility index (Phi) is 8.39. The van der Waals surface area contributed by atoms with E-state index in [0.717, 1.165) is 25.6 Å². The fourth-order valence-electron chi connectivity index (χ4n) is 3.50. The number of likely N-dealkylation sites (tertiary alicyclic amines) is 1. The summed E-state index contributed by atoms with van der Waals surface area (Å²) in [7, 11) is 1.84. The molecular formula is C21H37N5. The maximum atomic E-state index is 4.36. The Labute approximate surface area is 159 Å². The van der Waals surface area contributed by atoms with Gasteiger partial charge in [0.15, 0.2) is 5.96 Å². The summed E-state index contributed by atoms with van der Waals surface area (Å²) in [5, 5.41) is 10.6. The van der Waals surface area contributed by atoms with Crippen LogP contribution in [0.15, 0.2) is 35.3 Å². The zero-order valence-corrected chi connectivity index (χ0v) is 17.0. The largest absolute Gasteiger partial charge is 0.355 e. The summed E-state index contributed by atoms with van der Waals surface area (Å²) in [6.07, 6.45) is 4.06. The molecule has 1 aromatic rings. The molecule has 1 atom stereocenters. The molecule has 1 unspecified atom stereocenters. The van der Waals surface area contributed by atoms with Crippen molar-refractivity contribution in [1.82, 2.24) is 20.9 Å². The summed E-state index contributed by atoms with van der Waals surface area (Å²) in [5.74, 6) is 0.879. The van der Waals surface area contributed by atoms with Gasteiger partial charge in [0.1, 0.15) is 0 Å². The first-order valence-electron chi connectivity index (χ1n) is 10.00. The fraction of sp³-hybridized carbons (Fsp3) is 0.667. The predicted molar refractivity (Wildman–Crippen MR) is 112 cm³/mol. The lowest BCUT2D eigenvalue weighted by Gasteiger charge is -2.31. The van der Waals surface area contributed by atoms with E-state index in [2.05, 4.69) is 76.9 Å². The molecule has 5 heteroatoms. The van der Waals surface area contributed by atoms with Gasteiger partial charge in [0.05, 0.1) is 0 Å². The highest BCUT2D eigenvalue weighted by atomic mass is 15.2. The van der Waals surface area contributed by atoms with E-state index in [4.69, 9.17) is 0 Å². The van der Waals surface area contributed by atoms with E-state index in [1.165, 1.54) is 37.9 Å². The molecule has 26 heavy (non-hydrogen) atoms. The van der Waals surface area contributed by atoms with Gasteiger partial charge in [-0.3, -0.25) is 4.99 Å². The minimum Gasteiger partial charge on any atom is -0.355 e. The fourth-order valence-corrected chi connectivity index (χ4v) is 3.50. The molecule has 1 saturated heterocycles. The molecule has 1 aromatic carbocycles. The van der Waals surface area contributed by atoms with E-state index in [1.54, 1.807) is 0 Å². The summed E-state index contributed by atoms with van der Waals surface area (Å²) in [5.41, 5.74) is 1.27. The maximum absolute atomic E-state index is 4.36. The van der Waals surface area contributed by atoms with Crippen LogP contribution in [0.1, 0.15) is 51.6 Å². The van der Waals surface area contributed by atoms with Crippen LogP contribution in [-0.2, 0) is 0 Å². The Balaban J connectivity index is 1.71. The molecular weight excluding hydrogens is 322 g/mol. The monoisotopic (exact) mass is 359 g/mol. The number of piperidine rings is 1. The third kappa shape index (κ3) is 7.34. The first kappa shape index (κ1) is 20.7. The minimum absolute atomic E-state index is 0.0419. The molecule has 2 rings (SSSR count). The van der Waals surface area contributed by atoms with E-state index in [1.807, 2.05) is 7.05 Å². The second-order valence-electron chi connectivity index (χ2n) is 7.92. The number of rotatable bonds is 8. The summed E-state index contributed by atoms with van der Waals surface area (Å²) in [6.45, 7) is 12.0. The zero-order chi connectivity index (χ0) is 18.8. The van der Waals surface area contributed by atoms with E-state index in [-0.39, 0.29) is 5.54 Å². The zero-order valence-electron chi connectivity index (χ0n) is 17.0. The third-order valence-corrected chi connectivity index (χ3v) is 5.00. The van der Waals surface area contributed by atoms with Crippen LogP contribution in [0.25, 0.3) is 0 Å². The molecule has 0 amide bonds. The first-order chi connectivity index (χ1) is 12.5. The first-order valence-corrected chi connectivity index (χ1v) is 10.00. The van der Waals surface area contributed by atoms with Crippen molar-refractivity contribution < 1.29 is 0 Å². The number of hydrogen-bond acceptors (Lipinski definition) is 3. The molecule has 1 fully saturated rings. The van der Waals surface area contributed by atoms with Crippen LogP contribution in [0.2, 0.25) is 0 Å². The van der Waals surface area contributed by atoms with Crippen LogP contribution in [0.4, 0.5) is 0 Å². The molecule has 0 radical (unpaired) electrons. The van der Waals surface area contributed by atoms with Crippen LogP contribution in [0.3, 0.4) is 0 Å². The molecule has 0 bridgehead atoms. The average molecular weight is 360 g/mol. The Morgan fingerprint density at radius 1 is 1.12 bits per heavy atom. The number of guanidine groups is 1. The van der Waals surface area contributed by atoms with Gasteiger partial charge in [-0.1, -0.05) is 36.8 Å². The Morgan fingerprint density at radius 2 is 1.81 bits per heavy atom. The molecule has 0 spiro atoms. The lowest BCUT2D eigenvalue weighted by molar-refractivity contribution is 0.232. The topological polar surface area (TPSA) is 51.7 Å². The van der Waals surface area contributed by atoms with Crippen LogP contribution in [0.5, 0.6) is 0 Å². The molecule has 0 aliphatic carbocycles. The van der Waals surface area contributed by atoms with Gasteiger partial charge < -0.3 is 20.9 Å². The lowest BCUT2D eigenvalue weighted by Crippen LogP contribution is -2.52. The highest BCUT2D eigenvalue weighted by molar-refractivity contribution is 5.79. The van der Waals surface area contributed by atoms with Crippen molar-refractivity contribution in [2.45, 2.75) is 51.6 Å². The van der Waals surface area contributed by atoms with Crippen LogP contribution < -0.4 is 16.0 Å². The van der Waals surface area contributed by atoms with E-state index < -0.39 is 0 Å². The Hall–Kier alpha value is -1.59. The number of aliphatic imine (C=N–C) groups is 1. The molecule has 0 aromatic heterocycles.